The number of unbranched alkanes of at least 4 members (excludes halogenated alkanes) is 4. The number of aliphatic hydroxyl groups is 1. The van der Waals surface area contributed by atoms with Gasteiger partial charge in [0.1, 0.15) is 11.4 Å². The highest BCUT2D eigenvalue weighted by Gasteiger charge is 2.41. The Morgan fingerprint density at radius 2 is 1.92 bits per heavy atom. The van der Waals surface area contributed by atoms with Crippen molar-refractivity contribution in [1.29, 1.82) is 0 Å². The Morgan fingerprint density at radius 1 is 1.21 bits per heavy atom. The Bertz CT molecular complexity index is 564. The molecule has 1 atom stereocenters. The Kier molecular flexibility index (Phi) is 7.00. The van der Waals surface area contributed by atoms with Gasteiger partial charge >= 0.3 is 5.97 Å². The van der Waals surface area contributed by atoms with E-state index in [1.807, 2.05) is 30.3 Å². The summed E-state index contributed by atoms with van der Waals surface area (Å²) in [5, 5.41) is 11.2. The van der Waals surface area contributed by atoms with Crippen LogP contribution < -0.4 is 0 Å². The van der Waals surface area contributed by atoms with Crippen molar-refractivity contribution in [2.45, 2.75) is 58.0 Å². The van der Waals surface area contributed by atoms with Crippen LogP contribution in [0.15, 0.2) is 41.7 Å². The predicted octanol–water partition coefficient (Wildman–Crippen LogP) is 4.08. The summed E-state index contributed by atoms with van der Waals surface area (Å²) < 4.78 is 11.0. The largest absolute Gasteiger partial charge is 0.431 e. The van der Waals surface area contributed by atoms with Crippen LogP contribution >= 0.6 is 0 Å². The number of hydrogen-bond donors (Lipinski definition) is 1. The van der Waals surface area contributed by atoms with Crippen molar-refractivity contribution < 1.29 is 19.4 Å². The van der Waals surface area contributed by atoms with E-state index in [9.17, 15) is 9.90 Å². The van der Waals surface area contributed by atoms with Crippen LogP contribution in [0.25, 0.3) is 0 Å². The van der Waals surface area contributed by atoms with Crippen LogP contribution in [0.5, 0.6) is 0 Å². The maximum absolute atomic E-state index is 11.5. The van der Waals surface area contributed by atoms with Gasteiger partial charge in [-0.1, -0.05) is 62.9 Å². The molecule has 0 spiro atoms. The fraction of sp³-hybridized carbons (Fsp3) is 0.550. The molecular weight excluding hydrogens is 304 g/mol. The second-order valence-electron chi connectivity index (χ2n) is 6.38. The van der Waals surface area contributed by atoms with Crippen LogP contribution in [0.1, 0.15) is 57.9 Å². The highest BCUT2D eigenvalue weighted by Crippen LogP contribution is 2.38. The molecular formula is C20H28O4. The van der Waals surface area contributed by atoms with Crippen molar-refractivity contribution in [3.63, 3.8) is 0 Å². The van der Waals surface area contributed by atoms with E-state index in [2.05, 4.69) is 6.92 Å². The topological polar surface area (TPSA) is 55.8 Å². The van der Waals surface area contributed by atoms with Gasteiger partial charge in [-0.15, -0.1) is 0 Å². The number of benzene rings is 1. The van der Waals surface area contributed by atoms with Crippen LogP contribution in [0.4, 0.5) is 0 Å². The summed E-state index contributed by atoms with van der Waals surface area (Å²) in [6, 6.07) is 9.44. The van der Waals surface area contributed by atoms with Crippen LogP contribution in [0.3, 0.4) is 0 Å². The summed E-state index contributed by atoms with van der Waals surface area (Å²) in [7, 11) is 0. The van der Waals surface area contributed by atoms with Gasteiger partial charge in [-0.25, -0.2) is 0 Å². The number of esters is 1. The molecule has 1 heterocycles. The molecule has 0 radical (unpaired) electrons. The lowest BCUT2D eigenvalue weighted by Gasteiger charge is -2.25. The van der Waals surface area contributed by atoms with Gasteiger partial charge in [0.15, 0.2) is 0 Å². The fourth-order valence-corrected chi connectivity index (χ4v) is 3.12. The molecule has 1 fully saturated rings. The van der Waals surface area contributed by atoms with Crippen LogP contribution in [0, 0.1) is 0 Å². The molecule has 0 aliphatic carbocycles. The second kappa shape index (κ2) is 9.00. The molecule has 4 nitrogen and oxygen atoms in total. The summed E-state index contributed by atoms with van der Waals surface area (Å²) in [6.45, 7) is 4.06. The van der Waals surface area contributed by atoms with E-state index in [-0.39, 0.29) is 12.6 Å². The second-order valence-corrected chi connectivity index (χ2v) is 6.38. The number of carbonyl (C=O) groups excluding carboxylic acids is 1. The van der Waals surface area contributed by atoms with E-state index in [4.69, 9.17) is 9.47 Å². The zero-order valence-corrected chi connectivity index (χ0v) is 14.7. The third kappa shape index (κ3) is 4.68. The number of ether oxygens (including phenoxy) is 2. The van der Waals surface area contributed by atoms with E-state index in [0.29, 0.717) is 24.4 Å². The third-order valence-electron chi connectivity index (χ3n) is 4.42. The van der Waals surface area contributed by atoms with Crippen LogP contribution in [-0.4, -0.2) is 24.3 Å². The van der Waals surface area contributed by atoms with Gasteiger partial charge in [-0.05, 0) is 12.0 Å². The van der Waals surface area contributed by atoms with Crippen LogP contribution in [-0.2, 0) is 19.9 Å². The van der Waals surface area contributed by atoms with E-state index in [1.165, 1.54) is 26.2 Å². The lowest BCUT2D eigenvalue weighted by atomic mass is 9.87. The van der Waals surface area contributed by atoms with Gasteiger partial charge < -0.3 is 14.6 Å². The molecule has 1 unspecified atom stereocenters. The third-order valence-corrected chi connectivity index (χ3v) is 4.42. The molecule has 1 N–H and O–H groups in total. The molecule has 0 bridgehead atoms. The molecule has 1 aliphatic heterocycles. The summed E-state index contributed by atoms with van der Waals surface area (Å²) in [5.41, 5.74) is 0.239. The van der Waals surface area contributed by atoms with Gasteiger partial charge in [-0.3, -0.25) is 4.79 Å². The Hall–Kier alpha value is -1.65. The molecule has 0 aromatic heterocycles. The first-order valence-corrected chi connectivity index (χ1v) is 8.84. The van der Waals surface area contributed by atoms with Crippen molar-refractivity contribution in [2.24, 2.45) is 0 Å². The fourth-order valence-electron chi connectivity index (χ4n) is 3.12. The summed E-state index contributed by atoms with van der Waals surface area (Å²) in [6.07, 6.45) is 6.28. The maximum atomic E-state index is 11.5. The molecule has 1 saturated heterocycles. The standard InChI is InChI=1S/C20H28O4/c1-3-4-5-6-10-13-19(24-16(2)21)18-14-23-15-20(18,22)17-11-8-7-9-12-17/h7-9,11-12,22H,3-6,10,13-15H2,1-2H3/b19-18+. The quantitative estimate of drug-likeness (QED) is 0.443. The maximum Gasteiger partial charge on any atom is 0.307 e. The SMILES string of the molecule is CCCCCCC/C(OC(C)=O)=C1/COCC1(O)c1ccccc1. The highest BCUT2D eigenvalue weighted by atomic mass is 16.5. The zero-order valence-electron chi connectivity index (χ0n) is 14.7. The van der Waals surface area contributed by atoms with Gasteiger partial charge in [0.05, 0.1) is 13.2 Å². The van der Waals surface area contributed by atoms with Gasteiger partial charge in [-0.2, -0.15) is 0 Å². The van der Waals surface area contributed by atoms with Crippen LogP contribution in [0.2, 0.25) is 0 Å². The summed E-state index contributed by atoms with van der Waals surface area (Å²) in [5.74, 6) is 0.219. The molecule has 24 heavy (non-hydrogen) atoms. The average Bonchev–Trinajstić information content (AvgIpc) is 2.97. The molecule has 0 saturated carbocycles. The first-order chi connectivity index (χ1) is 11.6. The summed E-state index contributed by atoms with van der Waals surface area (Å²) in [4.78, 5) is 11.5. The van der Waals surface area contributed by atoms with Crippen molar-refractivity contribution >= 4 is 5.97 Å². The van der Waals surface area contributed by atoms with Gasteiger partial charge in [0.25, 0.3) is 0 Å². The van der Waals surface area contributed by atoms with Crippen molar-refractivity contribution in [2.75, 3.05) is 13.2 Å². The van der Waals surface area contributed by atoms with Gasteiger partial charge in [0, 0.05) is 18.9 Å². The minimum absolute atomic E-state index is 0.187. The highest BCUT2D eigenvalue weighted by molar-refractivity contribution is 5.67. The van der Waals surface area contributed by atoms with Crippen molar-refractivity contribution in [3.05, 3.63) is 47.2 Å². The molecule has 4 heteroatoms. The Morgan fingerprint density at radius 3 is 2.58 bits per heavy atom. The first-order valence-electron chi connectivity index (χ1n) is 8.84. The van der Waals surface area contributed by atoms with E-state index in [1.54, 1.807) is 0 Å². The normalized spacial score (nSPS) is 22.5. The van der Waals surface area contributed by atoms with Gasteiger partial charge in [0.2, 0.25) is 0 Å². The molecule has 1 aromatic rings. The number of hydrogen-bond acceptors (Lipinski definition) is 4. The minimum Gasteiger partial charge on any atom is -0.431 e. The molecule has 2 rings (SSSR count). The predicted molar refractivity (Wildman–Crippen MR) is 93.3 cm³/mol. The lowest BCUT2D eigenvalue weighted by molar-refractivity contribution is -0.137. The van der Waals surface area contributed by atoms with E-state index < -0.39 is 5.60 Å². The number of rotatable bonds is 8. The lowest BCUT2D eigenvalue weighted by Crippen LogP contribution is -2.29. The molecule has 0 amide bonds. The van der Waals surface area contributed by atoms with Crippen molar-refractivity contribution in [1.82, 2.24) is 0 Å². The van der Waals surface area contributed by atoms with E-state index in [0.717, 1.165) is 18.4 Å². The minimum atomic E-state index is -1.21. The summed E-state index contributed by atoms with van der Waals surface area (Å²) >= 11 is 0. The zero-order chi connectivity index (χ0) is 17.4. The number of allylic oxidation sites excluding steroid dienone is 1. The smallest absolute Gasteiger partial charge is 0.307 e. The average molecular weight is 332 g/mol. The molecule has 132 valence electrons. The first kappa shape index (κ1) is 18.7. The Labute approximate surface area is 144 Å². The molecule has 1 aliphatic rings. The van der Waals surface area contributed by atoms with E-state index >= 15 is 0 Å². The monoisotopic (exact) mass is 332 g/mol. The molecule has 1 aromatic carbocycles. The Balaban J connectivity index is 2.21. The van der Waals surface area contributed by atoms with Crippen molar-refractivity contribution in [3.8, 4) is 0 Å². The number of carbonyl (C=O) groups is 1.